The molecule has 1 rings (SSSR count). The molecule has 0 heterocycles. The highest BCUT2D eigenvalue weighted by molar-refractivity contribution is 5.76. The van der Waals surface area contributed by atoms with E-state index in [9.17, 15) is 4.79 Å². The number of benzene rings is 1. The molecule has 0 spiro atoms. The summed E-state index contributed by atoms with van der Waals surface area (Å²) in [6.45, 7) is 6.53. The van der Waals surface area contributed by atoms with Gasteiger partial charge in [0.05, 0.1) is 5.41 Å². The van der Waals surface area contributed by atoms with Crippen molar-refractivity contribution < 1.29 is 9.53 Å². The molecule has 0 saturated heterocycles. The van der Waals surface area contributed by atoms with Crippen molar-refractivity contribution in [3.63, 3.8) is 0 Å². The van der Waals surface area contributed by atoms with Gasteiger partial charge in [-0.2, -0.15) is 0 Å². The minimum atomic E-state index is -0.297. The minimum absolute atomic E-state index is 0.0612. The first-order chi connectivity index (χ1) is 8.18. The van der Waals surface area contributed by atoms with Crippen molar-refractivity contribution in [2.24, 2.45) is 5.41 Å². The topological polar surface area (TPSA) is 26.3 Å². The quantitative estimate of drug-likeness (QED) is 0.697. The summed E-state index contributed by atoms with van der Waals surface area (Å²) in [5.74, 6) is -0.0612. The maximum absolute atomic E-state index is 12.1. The second kappa shape index (κ2) is 6.43. The fraction of sp³-hybridized carbons (Fsp3) is 0.533. The molecule has 0 radical (unpaired) electrons. The van der Waals surface area contributed by atoms with Crippen LogP contribution in [0.5, 0.6) is 0 Å². The van der Waals surface area contributed by atoms with Crippen LogP contribution < -0.4 is 0 Å². The van der Waals surface area contributed by atoms with Crippen molar-refractivity contribution in [1.29, 1.82) is 0 Å². The summed E-state index contributed by atoms with van der Waals surface area (Å²) >= 11 is 0. The van der Waals surface area contributed by atoms with Gasteiger partial charge in [-0.25, -0.2) is 0 Å². The van der Waals surface area contributed by atoms with Crippen molar-refractivity contribution in [3.05, 3.63) is 35.9 Å². The third-order valence-corrected chi connectivity index (χ3v) is 3.68. The number of hydrogen-bond acceptors (Lipinski definition) is 2. The fourth-order valence-corrected chi connectivity index (χ4v) is 2.06. The van der Waals surface area contributed by atoms with Crippen LogP contribution in [0.2, 0.25) is 0 Å². The number of esters is 1. The van der Waals surface area contributed by atoms with Gasteiger partial charge in [-0.15, -0.1) is 0 Å². The van der Waals surface area contributed by atoms with Gasteiger partial charge in [0.15, 0.2) is 0 Å². The molecule has 0 bridgehead atoms. The first-order valence-corrected chi connectivity index (χ1v) is 6.39. The van der Waals surface area contributed by atoms with E-state index in [0.717, 1.165) is 24.8 Å². The highest BCUT2D eigenvalue weighted by Gasteiger charge is 2.34. The van der Waals surface area contributed by atoms with Crippen molar-refractivity contribution in [1.82, 2.24) is 0 Å². The van der Waals surface area contributed by atoms with Gasteiger partial charge in [0.2, 0.25) is 0 Å². The van der Waals surface area contributed by atoms with Crippen LogP contribution in [-0.4, -0.2) is 5.97 Å². The number of hydrogen-bond donors (Lipinski definition) is 0. The van der Waals surface area contributed by atoms with Crippen LogP contribution in [-0.2, 0) is 16.1 Å². The number of carbonyl (C=O) groups excluding carboxylic acids is 1. The summed E-state index contributed by atoms with van der Waals surface area (Å²) in [6.07, 6.45) is 2.52. The smallest absolute Gasteiger partial charge is 0.312 e. The van der Waals surface area contributed by atoms with Crippen molar-refractivity contribution in [3.8, 4) is 0 Å². The van der Waals surface area contributed by atoms with E-state index in [1.165, 1.54) is 0 Å². The van der Waals surface area contributed by atoms with Gasteiger partial charge in [0.25, 0.3) is 0 Å². The molecule has 0 amide bonds. The lowest BCUT2D eigenvalue weighted by Gasteiger charge is -2.27. The van der Waals surface area contributed by atoms with Crippen LogP contribution in [0.1, 0.15) is 45.6 Å². The number of rotatable bonds is 6. The SMILES string of the molecule is CCC(CC)(CC)C(=O)OCc1ccccc1. The van der Waals surface area contributed by atoms with Gasteiger partial charge in [-0.05, 0) is 24.8 Å². The summed E-state index contributed by atoms with van der Waals surface area (Å²) in [4.78, 5) is 12.1. The lowest BCUT2D eigenvalue weighted by Crippen LogP contribution is -2.31. The lowest BCUT2D eigenvalue weighted by atomic mass is 9.80. The molecule has 0 N–H and O–H groups in total. The van der Waals surface area contributed by atoms with Crippen LogP contribution in [0.3, 0.4) is 0 Å². The van der Waals surface area contributed by atoms with Crippen LogP contribution in [0.25, 0.3) is 0 Å². The van der Waals surface area contributed by atoms with E-state index >= 15 is 0 Å². The Morgan fingerprint density at radius 2 is 1.59 bits per heavy atom. The molecule has 0 aliphatic rings. The molecule has 0 fully saturated rings. The molecule has 0 saturated carbocycles. The van der Waals surface area contributed by atoms with E-state index in [0.29, 0.717) is 6.61 Å². The van der Waals surface area contributed by atoms with Crippen LogP contribution in [0.15, 0.2) is 30.3 Å². The average Bonchev–Trinajstić information content (AvgIpc) is 2.40. The normalized spacial score (nSPS) is 11.2. The molecule has 0 unspecified atom stereocenters. The van der Waals surface area contributed by atoms with E-state index < -0.39 is 0 Å². The second-order valence-corrected chi connectivity index (χ2v) is 4.40. The molecule has 94 valence electrons. The van der Waals surface area contributed by atoms with E-state index in [4.69, 9.17) is 4.74 Å². The van der Waals surface area contributed by atoms with Gasteiger partial charge >= 0.3 is 5.97 Å². The molecule has 17 heavy (non-hydrogen) atoms. The van der Waals surface area contributed by atoms with Gasteiger partial charge < -0.3 is 4.74 Å². The second-order valence-electron chi connectivity index (χ2n) is 4.40. The van der Waals surface area contributed by atoms with E-state index in [1.54, 1.807) is 0 Å². The van der Waals surface area contributed by atoms with Gasteiger partial charge in [0.1, 0.15) is 6.61 Å². The maximum atomic E-state index is 12.1. The highest BCUT2D eigenvalue weighted by atomic mass is 16.5. The third-order valence-electron chi connectivity index (χ3n) is 3.68. The lowest BCUT2D eigenvalue weighted by molar-refractivity contribution is -0.158. The molecule has 0 aliphatic heterocycles. The van der Waals surface area contributed by atoms with E-state index in [1.807, 2.05) is 30.3 Å². The Labute approximate surface area is 104 Å². The van der Waals surface area contributed by atoms with Crippen LogP contribution in [0.4, 0.5) is 0 Å². The molecular formula is C15H22O2. The van der Waals surface area contributed by atoms with Gasteiger partial charge in [-0.1, -0.05) is 51.1 Å². The van der Waals surface area contributed by atoms with Gasteiger partial charge in [0, 0.05) is 0 Å². The Kier molecular flexibility index (Phi) is 5.20. The third kappa shape index (κ3) is 3.32. The Morgan fingerprint density at radius 1 is 1.06 bits per heavy atom. The summed E-state index contributed by atoms with van der Waals surface area (Å²) in [7, 11) is 0. The molecule has 0 aliphatic carbocycles. The Bertz CT molecular complexity index is 331. The maximum Gasteiger partial charge on any atom is 0.312 e. The molecule has 0 atom stereocenters. The van der Waals surface area contributed by atoms with Crippen LogP contribution in [0, 0.1) is 5.41 Å². The minimum Gasteiger partial charge on any atom is -0.460 e. The van der Waals surface area contributed by atoms with Gasteiger partial charge in [-0.3, -0.25) is 4.79 Å². The monoisotopic (exact) mass is 234 g/mol. The molecule has 1 aromatic rings. The van der Waals surface area contributed by atoms with E-state index in [2.05, 4.69) is 20.8 Å². The number of ether oxygens (including phenoxy) is 1. The summed E-state index contributed by atoms with van der Waals surface area (Å²) in [6, 6.07) is 9.81. The molecule has 1 aromatic carbocycles. The first kappa shape index (κ1) is 13.8. The summed E-state index contributed by atoms with van der Waals surface area (Å²) in [5, 5.41) is 0. The summed E-state index contributed by atoms with van der Waals surface area (Å²) in [5.41, 5.74) is 0.743. The van der Waals surface area contributed by atoms with Crippen molar-refractivity contribution >= 4 is 5.97 Å². The largest absolute Gasteiger partial charge is 0.460 e. The molecule has 0 aromatic heterocycles. The highest BCUT2D eigenvalue weighted by Crippen LogP contribution is 2.32. The standard InChI is InChI=1S/C15H22O2/c1-4-15(5-2,6-3)14(16)17-12-13-10-8-7-9-11-13/h7-11H,4-6,12H2,1-3H3. The zero-order chi connectivity index (χ0) is 12.7. The Hall–Kier alpha value is -1.31. The molecule has 2 nitrogen and oxygen atoms in total. The van der Waals surface area contributed by atoms with E-state index in [-0.39, 0.29) is 11.4 Å². The average molecular weight is 234 g/mol. The first-order valence-electron chi connectivity index (χ1n) is 6.39. The van der Waals surface area contributed by atoms with Crippen molar-refractivity contribution in [2.45, 2.75) is 46.6 Å². The molecular weight excluding hydrogens is 212 g/mol. The zero-order valence-corrected chi connectivity index (χ0v) is 11.0. The molecule has 2 heteroatoms. The number of carbonyl (C=O) groups is 1. The Morgan fingerprint density at radius 3 is 2.06 bits per heavy atom. The van der Waals surface area contributed by atoms with Crippen molar-refractivity contribution in [2.75, 3.05) is 0 Å². The Balaban J connectivity index is 2.60. The fourth-order valence-electron chi connectivity index (χ4n) is 2.06. The van der Waals surface area contributed by atoms with Crippen LogP contribution >= 0.6 is 0 Å². The predicted molar refractivity (Wildman–Crippen MR) is 69.5 cm³/mol. The zero-order valence-electron chi connectivity index (χ0n) is 11.0. The predicted octanol–water partition coefficient (Wildman–Crippen LogP) is 3.95. The summed E-state index contributed by atoms with van der Waals surface area (Å²) < 4.78 is 5.43.